The van der Waals surface area contributed by atoms with Crippen molar-refractivity contribution in [3.8, 4) is 0 Å². The van der Waals surface area contributed by atoms with Crippen LogP contribution in [0.15, 0.2) is 12.1 Å². The second-order valence-corrected chi connectivity index (χ2v) is 7.93. The number of aryl methyl sites for hydroxylation is 1. The Morgan fingerprint density at radius 2 is 2.07 bits per heavy atom. The first-order chi connectivity index (χ1) is 12.6. The van der Waals surface area contributed by atoms with Crippen LogP contribution in [0.25, 0.3) is 0 Å². The van der Waals surface area contributed by atoms with Crippen molar-refractivity contribution < 1.29 is 32.6 Å². The van der Waals surface area contributed by atoms with Crippen LogP contribution in [0.1, 0.15) is 22.6 Å². The van der Waals surface area contributed by atoms with Gasteiger partial charge in [0.2, 0.25) is 5.91 Å². The van der Waals surface area contributed by atoms with Crippen molar-refractivity contribution in [1.82, 2.24) is 10.2 Å². The number of nitrogens with one attached hydrogen (secondary N) is 1. The lowest BCUT2D eigenvalue weighted by molar-refractivity contribution is -0.192. The van der Waals surface area contributed by atoms with Gasteiger partial charge in [0.1, 0.15) is 0 Å². The van der Waals surface area contributed by atoms with Gasteiger partial charge in [0, 0.05) is 42.5 Å². The Morgan fingerprint density at radius 1 is 1.41 bits per heavy atom. The molecule has 0 bridgehead atoms. The number of hydrogen-bond acceptors (Lipinski definition) is 5. The number of rotatable bonds is 3. The van der Waals surface area contributed by atoms with Crippen LogP contribution in [0.3, 0.4) is 0 Å². The lowest BCUT2D eigenvalue weighted by Crippen LogP contribution is -2.52. The smallest absolute Gasteiger partial charge is 0.475 e. The van der Waals surface area contributed by atoms with E-state index in [1.54, 1.807) is 7.05 Å². The number of likely N-dealkylation sites (tertiary alicyclic amines) is 1. The van der Waals surface area contributed by atoms with E-state index >= 15 is 0 Å². The second-order valence-electron chi connectivity index (χ2n) is 6.56. The number of fused-ring (bicyclic) bond motifs is 1. The third-order valence-electron chi connectivity index (χ3n) is 4.63. The van der Waals surface area contributed by atoms with Gasteiger partial charge >= 0.3 is 12.1 Å². The first-order valence-electron chi connectivity index (χ1n) is 8.54. The zero-order valence-corrected chi connectivity index (χ0v) is 15.9. The predicted octanol–water partition coefficient (Wildman–Crippen LogP) is 2.42. The molecule has 2 fully saturated rings. The van der Waals surface area contributed by atoms with Gasteiger partial charge in [0.25, 0.3) is 0 Å². The summed E-state index contributed by atoms with van der Waals surface area (Å²) in [6.45, 7) is 4.76. The van der Waals surface area contributed by atoms with Crippen LogP contribution in [-0.4, -0.2) is 60.4 Å². The molecule has 0 saturated carbocycles. The molecular weight excluding hydrogens is 385 g/mol. The zero-order chi connectivity index (χ0) is 20.2. The number of amides is 1. The number of piperidine rings is 1. The maximum atomic E-state index is 12.0. The van der Waals surface area contributed by atoms with Gasteiger partial charge < -0.3 is 15.2 Å². The lowest BCUT2D eigenvalue weighted by Gasteiger charge is -2.39. The fourth-order valence-electron chi connectivity index (χ4n) is 3.40. The molecule has 2 saturated heterocycles. The van der Waals surface area contributed by atoms with Crippen LogP contribution in [-0.2, 0) is 20.9 Å². The van der Waals surface area contributed by atoms with Crippen LogP contribution >= 0.6 is 11.3 Å². The minimum absolute atomic E-state index is 0.0559. The molecule has 0 aromatic carbocycles. The van der Waals surface area contributed by atoms with Crippen molar-refractivity contribution in [2.24, 2.45) is 5.92 Å². The fraction of sp³-hybridized carbons (Fsp3) is 0.647. The first kappa shape index (κ1) is 21.6. The summed E-state index contributed by atoms with van der Waals surface area (Å²) in [5.74, 6) is -2.56. The van der Waals surface area contributed by atoms with Crippen molar-refractivity contribution in [2.75, 3.05) is 20.2 Å². The first-order valence-corrected chi connectivity index (χ1v) is 9.36. The average Bonchev–Trinajstić information content (AvgIpc) is 3.22. The van der Waals surface area contributed by atoms with E-state index in [9.17, 15) is 18.0 Å². The number of aliphatic carboxylic acids is 1. The van der Waals surface area contributed by atoms with Crippen LogP contribution in [0.2, 0.25) is 0 Å². The Labute approximate surface area is 159 Å². The van der Waals surface area contributed by atoms with E-state index in [2.05, 4.69) is 29.3 Å². The monoisotopic (exact) mass is 408 g/mol. The second kappa shape index (κ2) is 9.03. The number of carbonyl (C=O) groups excluding carboxylic acids is 1. The number of halogens is 3. The Bertz CT molecular complexity index is 665. The van der Waals surface area contributed by atoms with Gasteiger partial charge in [-0.1, -0.05) is 0 Å². The van der Waals surface area contributed by atoms with Crippen LogP contribution in [0.5, 0.6) is 0 Å². The highest BCUT2D eigenvalue weighted by molar-refractivity contribution is 7.11. The number of nitrogens with zero attached hydrogens (tertiary/aromatic N) is 1. The van der Waals surface area contributed by atoms with Crippen molar-refractivity contribution >= 4 is 23.2 Å². The SMILES string of the molecule is CNC(=O)[C@H]1C[C@H]2OCC[C@H]2N(Cc2ccc(C)s2)C1.O=C(O)C(F)(F)F. The van der Waals surface area contributed by atoms with E-state index in [-0.39, 0.29) is 17.9 Å². The molecule has 3 atom stereocenters. The van der Waals surface area contributed by atoms with Crippen molar-refractivity contribution in [3.63, 3.8) is 0 Å². The van der Waals surface area contributed by atoms with Crippen LogP contribution in [0, 0.1) is 12.8 Å². The summed E-state index contributed by atoms with van der Waals surface area (Å²) in [5.41, 5.74) is 0. The summed E-state index contributed by atoms with van der Waals surface area (Å²) in [7, 11) is 1.72. The summed E-state index contributed by atoms with van der Waals surface area (Å²) in [6.07, 6.45) is -2.90. The lowest BCUT2D eigenvalue weighted by atomic mass is 9.89. The number of carbonyl (C=O) groups is 2. The standard InChI is InChI=1S/C15H22N2O2S.C2HF3O2/c1-10-3-4-12(20-10)9-17-8-11(15(18)16-2)7-14-13(17)5-6-19-14;3-2(4,5)1(6)7/h3-4,11,13-14H,5-9H2,1-2H3,(H,16,18);(H,6,7)/t11-,13+,14+;/m0./s1. The molecular formula is C17H23F3N2O4S. The van der Waals surface area contributed by atoms with Crippen molar-refractivity contribution in [3.05, 3.63) is 21.9 Å². The van der Waals surface area contributed by atoms with Crippen molar-refractivity contribution in [1.29, 1.82) is 0 Å². The van der Waals surface area contributed by atoms with Gasteiger partial charge in [-0.15, -0.1) is 11.3 Å². The molecule has 2 aliphatic heterocycles. The third kappa shape index (κ3) is 5.91. The van der Waals surface area contributed by atoms with E-state index in [1.165, 1.54) is 9.75 Å². The minimum Gasteiger partial charge on any atom is -0.475 e. The van der Waals surface area contributed by atoms with Crippen LogP contribution in [0.4, 0.5) is 13.2 Å². The highest BCUT2D eigenvalue weighted by Crippen LogP contribution is 2.33. The summed E-state index contributed by atoms with van der Waals surface area (Å²) in [4.78, 5) is 26.0. The molecule has 152 valence electrons. The number of alkyl halides is 3. The number of carboxylic acids is 1. The molecule has 0 spiro atoms. The fourth-order valence-corrected chi connectivity index (χ4v) is 4.32. The molecule has 0 aliphatic carbocycles. The summed E-state index contributed by atoms with van der Waals surface area (Å²) < 4.78 is 37.6. The number of hydrogen-bond donors (Lipinski definition) is 2. The molecule has 2 N–H and O–H groups in total. The maximum Gasteiger partial charge on any atom is 0.490 e. The summed E-state index contributed by atoms with van der Waals surface area (Å²) in [6, 6.07) is 4.86. The quantitative estimate of drug-likeness (QED) is 0.803. The van der Waals surface area contributed by atoms with Gasteiger partial charge in [0.05, 0.1) is 12.0 Å². The number of carboxylic acid groups (broad SMARTS) is 1. The van der Waals surface area contributed by atoms with E-state index < -0.39 is 12.1 Å². The molecule has 27 heavy (non-hydrogen) atoms. The molecule has 2 aliphatic rings. The maximum absolute atomic E-state index is 12.0. The Balaban J connectivity index is 0.000000321. The topological polar surface area (TPSA) is 78.9 Å². The van der Waals surface area contributed by atoms with E-state index in [4.69, 9.17) is 14.6 Å². The molecule has 0 unspecified atom stereocenters. The number of ether oxygens (including phenoxy) is 1. The van der Waals surface area contributed by atoms with E-state index in [0.717, 1.165) is 32.5 Å². The highest BCUT2D eigenvalue weighted by atomic mass is 32.1. The molecule has 10 heteroatoms. The molecule has 3 heterocycles. The Kier molecular flexibility index (Phi) is 7.24. The van der Waals surface area contributed by atoms with Crippen LogP contribution < -0.4 is 5.32 Å². The van der Waals surface area contributed by atoms with E-state index in [0.29, 0.717) is 6.04 Å². The van der Waals surface area contributed by atoms with Crippen molar-refractivity contribution in [2.45, 2.75) is 44.6 Å². The largest absolute Gasteiger partial charge is 0.490 e. The summed E-state index contributed by atoms with van der Waals surface area (Å²) >= 11 is 1.85. The average molecular weight is 408 g/mol. The summed E-state index contributed by atoms with van der Waals surface area (Å²) in [5, 5.41) is 9.91. The molecule has 3 rings (SSSR count). The molecule has 0 radical (unpaired) electrons. The van der Waals surface area contributed by atoms with Gasteiger partial charge in [-0.2, -0.15) is 13.2 Å². The Morgan fingerprint density at radius 3 is 2.59 bits per heavy atom. The molecule has 1 aromatic heterocycles. The number of thiophene rings is 1. The predicted molar refractivity (Wildman–Crippen MR) is 93.5 cm³/mol. The zero-order valence-electron chi connectivity index (χ0n) is 15.1. The minimum atomic E-state index is -5.08. The third-order valence-corrected chi connectivity index (χ3v) is 5.62. The van der Waals surface area contributed by atoms with Gasteiger partial charge in [-0.3, -0.25) is 9.69 Å². The van der Waals surface area contributed by atoms with Gasteiger partial charge in [0.15, 0.2) is 0 Å². The molecule has 1 amide bonds. The normalized spacial score (nSPS) is 25.3. The Hall–Kier alpha value is -1.65. The molecule has 6 nitrogen and oxygen atoms in total. The highest BCUT2D eigenvalue weighted by Gasteiger charge is 2.42. The van der Waals surface area contributed by atoms with E-state index in [1.807, 2.05) is 11.3 Å². The van der Waals surface area contributed by atoms with Gasteiger partial charge in [-0.05, 0) is 31.9 Å². The van der Waals surface area contributed by atoms with Gasteiger partial charge in [-0.25, -0.2) is 4.79 Å². The molecule has 1 aromatic rings.